The molecule has 0 nitrogen and oxygen atoms in total. The minimum Gasteiger partial charge on any atom is -0.213 e. The van der Waals surface area contributed by atoms with Crippen molar-refractivity contribution in [2.75, 3.05) is 0 Å². The Morgan fingerprint density at radius 2 is 1.53 bits per heavy atom. The van der Waals surface area contributed by atoms with Crippen molar-refractivity contribution in [3.8, 4) is 0 Å². The molecule has 0 aromatic heterocycles. The number of allylic oxidation sites excluding steroid dienone is 3. The lowest BCUT2D eigenvalue weighted by Gasteiger charge is -2.13. The molecule has 0 rings (SSSR count). The Balaban J connectivity index is 0. The molecule has 0 aliphatic carbocycles. The first-order chi connectivity index (χ1) is 6.84. The van der Waals surface area contributed by atoms with Gasteiger partial charge in [-0.3, -0.25) is 0 Å². The summed E-state index contributed by atoms with van der Waals surface area (Å²) in [6.45, 7) is 8.87. The lowest BCUT2D eigenvalue weighted by molar-refractivity contribution is 0.441. The molecule has 0 fully saturated rings. The molecule has 0 aromatic carbocycles. The van der Waals surface area contributed by atoms with E-state index >= 15 is 0 Å². The molecule has 0 aliphatic rings. The third-order valence-corrected chi connectivity index (χ3v) is 1.92. The highest BCUT2D eigenvalue weighted by molar-refractivity contribution is 4.92. The van der Waals surface area contributed by atoms with Gasteiger partial charge in [0.1, 0.15) is 12.2 Å². The van der Waals surface area contributed by atoms with Gasteiger partial charge in [0, 0.05) is 0 Å². The predicted molar refractivity (Wildman–Crippen MR) is 59.5 cm³/mol. The molecule has 0 radical (unpaired) electrons. The van der Waals surface area contributed by atoms with Gasteiger partial charge in [0.2, 0.25) is 0 Å². The van der Waals surface area contributed by atoms with Gasteiger partial charge in [0.05, 0.1) is 5.83 Å². The summed E-state index contributed by atoms with van der Waals surface area (Å²) >= 11 is 0. The Hall–Kier alpha value is -0.730. The second kappa shape index (κ2) is 9.81. The van der Waals surface area contributed by atoms with Crippen LogP contribution in [0.4, 0.5) is 13.2 Å². The van der Waals surface area contributed by atoms with E-state index in [2.05, 4.69) is 20.8 Å². The molecule has 0 saturated heterocycles. The number of hydrogen-bond acceptors (Lipinski definition) is 0. The predicted octanol–water partition coefficient (Wildman–Crippen LogP) is 5.33. The summed E-state index contributed by atoms with van der Waals surface area (Å²) in [7, 11) is 0. The first-order valence-electron chi connectivity index (χ1n) is 5.11. The van der Waals surface area contributed by atoms with E-state index < -0.39 is 5.83 Å². The van der Waals surface area contributed by atoms with Crippen LogP contribution < -0.4 is 0 Å². The maximum Gasteiger partial charge on any atom is 0.125 e. The molecule has 15 heavy (non-hydrogen) atoms. The second-order valence-electron chi connectivity index (χ2n) is 3.77. The molecule has 0 heterocycles. The van der Waals surface area contributed by atoms with Crippen LogP contribution in [0.15, 0.2) is 24.1 Å². The molecule has 1 unspecified atom stereocenters. The molecule has 1 atom stereocenters. The summed E-state index contributed by atoms with van der Waals surface area (Å²) < 4.78 is 33.9. The van der Waals surface area contributed by atoms with Crippen LogP contribution >= 0.6 is 0 Å². The Morgan fingerprint density at radius 3 is 1.60 bits per heavy atom. The Bertz CT molecular complexity index is 197. The summed E-state index contributed by atoms with van der Waals surface area (Å²) in [5.74, 6) is 0.117. The van der Waals surface area contributed by atoms with E-state index in [1.165, 1.54) is 6.92 Å². The smallest absolute Gasteiger partial charge is 0.125 e. The first kappa shape index (κ1) is 16.7. The largest absolute Gasteiger partial charge is 0.213 e. The van der Waals surface area contributed by atoms with Crippen molar-refractivity contribution in [3.05, 3.63) is 24.1 Å². The van der Waals surface area contributed by atoms with Crippen molar-refractivity contribution < 1.29 is 13.2 Å². The number of hydrogen-bond donors (Lipinski definition) is 0. The summed E-state index contributed by atoms with van der Waals surface area (Å²) in [6.07, 6.45) is 2.66. The zero-order valence-corrected chi connectivity index (χ0v) is 10.2. The van der Waals surface area contributed by atoms with E-state index in [1.807, 2.05) is 0 Å². The zero-order valence-electron chi connectivity index (χ0n) is 10.2. The molecular weight excluding hydrogens is 201 g/mol. The minimum absolute atomic E-state index is 0.0550. The topological polar surface area (TPSA) is 0 Å². The molecule has 0 saturated carbocycles. The van der Waals surface area contributed by atoms with Crippen LogP contribution in [0.2, 0.25) is 0 Å². The van der Waals surface area contributed by atoms with E-state index in [9.17, 15) is 13.2 Å². The summed E-state index contributed by atoms with van der Waals surface area (Å²) in [6, 6.07) is 0. The van der Waals surface area contributed by atoms with Gasteiger partial charge in [0.15, 0.2) is 0 Å². The van der Waals surface area contributed by atoms with Crippen LogP contribution in [0.5, 0.6) is 0 Å². The normalized spacial score (nSPS) is 14.7. The average Bonchev–Trinajstić information content (AvgIpc) is 2.14. The van der Waals surface area contributed by atoms with Crippen molar-refractivity contribution >= 4 is 0 Å². The molecule has 0 bridgehead atoms. The summed E-state index contributed by atoms with van der Waals surface area (Å²) in [5.41, 5.74) is 0. The van der Waals surface area contributed by atoms with Gasteiger partial charge in [-0.25, -0.2) is 13.2 Å². The highest BCUT2D eigenvalue weighted by Gasteiger charge is 2.07. The van der Waals surface area contributed by atoms with Crippen molar-refractivity contribution in [1.82, 2.24) is 0 Å². The van der Waals surface area contributed by atoms with Crippen LogP contribution in [-0.4, -0.2) is 0 Å². The number of rotatable bonds is 3. The Kier molecular flexibility index (Phi) is 10.9. The molecule has 0 aromatic rings. The van der Waals surface area contributed by atoms with Gasteiger partial charge in [-0.05, 0) is 38.2 Å². The molecular formula is C12H21F3. The van der Waals surface area contributed by atoms with Crippen molar-refractivity contribution in [3.63, 3.8) is 0 Å². The Morgan fingerprint density at radius 1 is 1.13 bits per heavy atom. The molecule has 3 heteroatoms. The van der Waals surface area contributed by atoms with Gasteiger partial charge in [-0.1, -0.05) is 20.8 Å². The zero-order chi connectivity index (χ0) is 12.4. The van der Waals surface area contributed by atoms with Gasteiger partial charge < -0.3 is 0 Å². The van der Waals surface area contributed by atoms with E-state index in [-0.39, 0.29) is 12.2 Å². The van der Waals surface area contributed by atoms with Crippen LogP contribution in [0.3, 0.4) is 0 Å². The molecule has 0 N–H and O–H groups in total. The maximum absolute atomic E-state index is 12.4. The maximum atomic E-state index is 12.4. The van der Waals surface area contributed by atoms with E-state index in [0.29, 0.717) is 11.8 Å². The quantitative estimate of drug-likeness (QED) is 0.605. The number of halogens is 3. The standard InChI is InChI=1S/C9H17F.C3H4F2/c1-5-9(7(2)3)6-8(4)10;1-3(5)2-4/h6-7,9H,5H2,1-4H3;2H,1H3/b8-6+;3-2-. The van der Waals surface area contributed by atoms with Gasteiger partial charge in [0.25, 0.3) is 0 Å². The second-order valence-corrected chi connectivity index (χ2v) is 3.77. The van der Waals surface area contributed by atoms with Crippen molar-refractivity contribution in [2.24, 2.45) is 11.8 Å². The van der Waals surface area contributed by atoms with Crippen LogP contribution in [-0.2, 0) is 0 Å². The minimum atomic E-state index is -0.787. The van der Waals surface area contributed by atoms with Gasteiger partial charge in [-0.2, -0.15) is 0 Å². The summed E-state index contributed by atoms with van der Waals surface area (Å²) in [4.78, 5) is 0. The molecule has 90 valence electrons. The third kappa shape index (κ3) is 13.3. The van der Waals surface area contributed by atoms with Crippen LogP contribution in [0.1, 0.15) is 41.0 Å². The Labute approximate surface area is 90.9 Å². The molecule has 0 aliphatic heterocycles. The molecule has 0 spiro atoms. The lowest BCUT2D eigenvalue weighted by Crippen LogP contribution is -2.03. The first-order valence-corrected chi connectivity index (χ1v) is 5.11. The highest BCUT2D eigenvalue weighted by atomic mass is 19.2. The van der Waals surface area contributed by atoms with E-state index in [1.54, 1.807) is 6.08 Å². The third-order valence-electron chi connectivity index (χ3n) is 1.92. The van der Waals surface area contributed by atoms with E-state index in [4.69, 9.17) is 0 Å². The SMILES string of the molecule is C/C(F)=C/F.CCC(/C=C(\C)F)C(C)C. The molecule has 0 amide bonds. The van der Waals surface area contributed by atoms with Crippen molar-refractivity contribution in [1.29, 1.82) is 0 Å². The fourth-order valence-corrected chi connectivity index (χ4v) is 1.08. The van der Waals surface area contributed by atoms with Gasteiger partial charge in [-0.15, -0.1) is 0 Å². The monoisotopic (exact) mass is 222 g/mol. The van der Waals surface area contributed by atoms with Crippen molar-refractivity contribution in [2.45, 2.75) is 41.0 Å². The summed E-state index contributed by atoms with van der Waals surface area (Å²) in [5, 5.41) is 0. The average molecular weight is 222 g/mol. The van der Waals surface area contributed by atoms with Gasteiger partial charge >= 0.3 is 0 Å². The van der Waals surface area contributed by atoms with Crippen LogP contribution in [0, 0.1) is 11.8 Å². The lowest BCUT2D eigenvalue weighted by atomic mass is 9.93. The van der Waals surface area contributed by atoms with Crippen LogP contribution in [0.25, 0.3) is 0 Å². The fraction of sp³-hybridized carbons (Fsp3) is 0.667. The fourth-order valence-electron chi connectivity index (χ4n) is 1.08. The van der Waals surface area contributed by atoms with E-state index in [0.717, 1.165) is 13.3 Å². The highest BCUT2D eigenvalue weighted by Crippen LogP contribution is 2.18.